The third-order valence-electron chi connectivity index (χ3n) is 0.843. The van der Waals surface area contributed by atoms with Gasteiger partial charge >= 0.3 is 33.9 Å². The highest BCUT2D eigenvalue weighted by atomic mass is 32.2. The van der Waals surface area contributed by atoms with Crippen LogP contribution < -0.4 is 0 Å². The highest BCUT2D eigenvalue weighted by Gasteiger charge is 2.48. The molecule has 3 nitrogen and oxygen atoms in total. The summed E-state index contributed by atoms with van der Waals surface area (Å²) in [4.78, 5) is 0. The summed E-state index contributed by atoms with van der Waals surface area (Å²) >= 11 is 0. The molecular formula is C4HF7O3S. The van der Waals surface area contributed by atoms with Crippen LogP contribution in [0.3, 0.4) is 0 Å². The molecular weight excluding hydrogens is 261 g/mol. The third-order valence-corrected chi connectivity index (χ3v) is 1.88. The van der Waals surface area contributed by atoms with Gasteiger partial charge in [0.15, 0.2) is 0 Å². The zero-order chi connectivity index (χ0) is 12.4. The molecule has 0 aromatic rings. The SMILES string of the molecule is O=S(=O)(OC(F)(F)C(F)F)C(F)=C(F)F. The van der Waals surface area contributed by atoms with Gasteiger partial charge in [0.1, 0.15) is 0 Å². The fraction of sp³-hybridized carbons (Fsp3) is 0.500. The first-order valence-electron chi connectivity index (χ1n) is 2.83. The van der Waals surface area contributed by atoms with Gasteiger partial charge in [-0.1, -0.05) is 0 Å². The second-order valence-corrected chi connectivity index (χ2v) is 3.37. The van der Waals surface area contributed by atoms with Crippen molar-refractivity contribution in [2.45, 2.75) is 12.5 Å². The Hall–Kier alpha value is -0.840. The van der Waals surface area contributed by atoms with Crippen LogP contribution in [0.2, 0.25) is 0 Å². The molecule has 0 spiro atoms. The van der Waals surface area contributed by atoms with Crippen LogP contribution in [-0.2, 0) is 14.3 Å². The first kappa shape index (κ1) is 14.2. The molecule has 90 valence electrons. The molecule has 0 fully saturated rings. The maximum absolute atomic E-state index is 11.9. The normalized spacial score (nSPS) is 13.1. The van der Waals surface area contributed by atoms with E-state index in [0.29, 0.717) is 0 Å². The number of halogens is 7. The smallest absolute Gasteiger partial charge is 0.200 e. The van der Waals surface area contributed by atoms with Gasteiger partial charge in [0, 0.05) is 0 Å². The summed E-state index contributed by atoms with van der Waals surface area (Å²) in [5, 5.41) is -3.34. The molecule has 15 heavy (non-hydrogen) atoms. The maximum atomic E-state index is 11.9. The quantitative estimate of drug-likeness (QED) is 0.576. The van der Waals surface area contributed by atoms with E-state index >= 15 is 0 Å². The Balaban J connectivity index is 5.07. The lowest BCUT2D eigenvalue weighted by Crippen LogP contribution is -2.33. The van der Waals surface area contributed by atoms with Crippen LogP contribution >= 0.6 is 0 Å². The topological polar surface area (TPSA) is 43.4 Å². The Labute approximate surface area is 78.3 Å². The molecule has 0 unspecified atom stereocenters. The fourth-order valence-corrected chi connectivity index (χ4v) is 0.941. The van der Waals surface area contributed by atoms with Crippen molar-refractivity contribution >= 4 is 10.1 Å². The van der Waals surface area contributed by atoms with Crippen molar-refractivity contribution in [2.75, 3.05) is 0 Å². The largest absolute Gasteiger partial charge is 0.430 e. The van der Waals surface area contributed by atoms with Crippen LogP contribution in [-0.4, -0.2) is 21.0 Å². The van der Waals surface area contributed by atoms with Gasteiger partial charge in [0.25, 0.3) is 0 Å². The molecule has 0 aromatic heterocycles. The summed E-state index contributed by atoms with van der Waals surface area (Å²) in [6.07, 6.45) is -13.7. The molecule has 0 aliphatic rings. The summed E-state index contributed by atoms with van der Waals surface area (Å²) in [5.41, 5.74) is 0. The van der Waals surface area contributed by atoms with Gasteiger partial charge in [0.05, 0.1) is 0 Å². The Kier molecular flexibility index (Phi) is 4.10. The van der Waals surface area contributed by atoms with Crippen molar-refractivity contribution in [1.82, 2.24) is 0 Å². The van der Waals surface area contributed by atoms with Crippen molar-refractivity contribution in [3.8, 4) is 0 Å². The summed E-state index contributed by atoms with van der Waals surface area (Å²) < 4.78 is 104. The number of rotatable bonds is 4. The van der Waals surface area contributed by atoms with Crippen molar-refractivity contribution in [1.29, 1.82) is 0 Å². The van der Waals surface area contributed by atoms with E-state index < -0.39 is 33.9 Å². The highest BCUT2D eigenvalue weighted by Crippen LogP contribution is 2.30. The van der Waals surface area contributed by atoms with Gasteiger partial charge < -0.3 is 0 Å². The van der Waals surface area contributed by atoms with Crippen molar-refractivity contribution in [3.63, 3.8) is 0 Å². The predicted molar refractivity (Wildman–Crippen MR) is 31.3 cm³/mol. The van der Waals surface area contributed by atoms with Crippen LogP contribution in [0.4, 0.5) is 30.7 Å². The standard InChI is InChI=1S/C4HF7O3S/c5-1(6)2(7)15(12,13)14-4(10,11)3(8)9/h3H. The van der Waals surface area contributed by atoms with Crippen LogP contribution in [0.15, 0.2) is 11.2 Å². The molecule has 0 radical (unpaired) electrons. The average molecular weight is 262 g/mol. The van der Waals surface area contributed by atoms with Gasteiger partial charge in [-0.2, -0.15) is 34.6 Å². The third kappa shape index (κ3) is 3.66. The zero-order valence-corrected chi connectivity index (χ0v) is 7.17. The molecule has 0 heterocycles. The minimum absolute atomic E-state index is 2.29. The Morgan fingerprint density at radius 3 is 1.80 bits per heavy atom. The second-order valence-electron chi connectivity index (χ2n) is 1.93. The van der Waals surface area contributed by atoms with E-state index in [1.165, 1.54) is 0 Å². The maximum Gasteiger partial charge on any atom is 0.430 e. The zero-order valence-electron chi connectivity index (χ0n) is 6.36. The van der Waals surface area contributed by atoms with Crippen molar-refractivity contribution in [2.24, 2.45) is 0 Å². The van der Waals surface area contributed by atoms with E-state index in [1.54, 1.807) is 0 Å². The summed E-state index contributed by atoms with van der Waals surface area (Å²) in [6.45, 7) is 0. The summed E-state index contributed by atoms with van der Waals surface area (Å²) in [7, 11) is -6.23. The molecule has 0 aromatic carbocycles. The van der Waals surface area contributed by atoms with Gasteiger partial charge in [-0.15, -0.1) is 0 Å². The second kappa shape index (κ2) is 4.35. The van der Waals surface area contributed by atoms with E-state index in [2.05, 4.69) is 4.18 Å². The van der Waals surface area contributed by atoms with Crippen LogP contribution in [0.5, 0.6) is 0 Å². The monoisotopic (exact) mass is 262 g/mol. The number of alkyl halides is 4. The molecule has 0 saturated carbocycles. The van der Waals surface area contributed by atoms with Gasteiger partial charge in [-0.3, -0.25) is 0 Å². The molecule has 0 atom stereocenters. The lowest BCUT2D eigenvalue weighted by Gasteiger charge is -2.13. The lowest BCUT2D eigenvalue weighted by atomic mass is 10.7. The summed E-state index contributed by atoms with van der Waals surface area (Å²) in [6, 6.07) is 0. The van der Waals surface area contributed by atoms with Crippen LogP contribution in [0.25, 0.3) is 0 Å². The van der Waals surface area contributed by atoms with E-state index in [1.807, 2.05) is 0 Å². The molecule has 0 bridgehead atoms. The van der Waals surface area contributed by atoms with E-state index in [-0.39, 0.29) is 0 Å². The lowest BCUT2D eigenvalue weighted by molar-refractivity contribution is -0.250. The van der Waals surface area contributed by atoms with E-state index in [4.69, 9.17) is 0 Å². The first-order valence-corrected chi connectivity index (χ1v) is 4.24. The van der Waals surface area contributed by atoms with Crippen molar-refractivity contribution in [3.05, 3.63) is 11.2 Å². The molecule has 11 heteroatoms. The molecule has 0 aliphatic carbocycles. The highest BCUT2D eigenvalue weighted by molar-refractivity contribution is 7.90. The Morgan fingerprint density at radius 1 is 1.13 bits per heavy atom. The van der Waals surface area contributed by atoms with Crippen LogP contribution in [0, 0.1) is 0 Å². The fourth-order valence-electron chi connectivity index (χ4n) is 0.314. The molecule has 0 N–H and O–H groups in total. The predicted octanol–water partition coefficient (Wildman–Crippen LogP) is 2.23. The van der Waals surface area contributed by atoms with Gasteiger partial charge in [-0.05, 0) is 0 Å². The molecule has 0 saturated heterocycles. The molecule has 0 aliphatic heterocycles. The minimum atomic E-state index is -6.23. The Bertz CT molecular complexity index is 354. The number of hydrogen-bond donors (Lipinski definition) is 0. The minimum Gasteiger partial charge on any atom is -0.200 e. The van der Waals surface area contributed by atoms with E-state index in [0.717, 1.165) is 0 Å². The Morgan fingerprint density at radius 2 is 1.53 bits per heavy atom. The van der Waals surface area contributed by atoms with E-state index in [9.17, 15) is 39.2 Å². The van der Waals surface area contributed by atoms with Crippen molar-refractivity contribution < 1.29 is 43.3 Å². The molecule has 0 amide bonds. The molecule has 0 rings (SSSR count). The van der Waals surface area contributed by atoms with Crippen LogP contribution in [0.1, 0.15) is 0 Å². The summed E-state index contributed by atoms with van der Waals surface area (Å²) in [5.74, 6) is 0. The van der Waals surface area contributed by atoms with Gasteiger partial charge in [0.2, 0.25) is 0 Å². The first-order chi connectivity index (χ1) is 6.50. The van der Waals surface area contributed by atoms with Gasteiger partial charge in [-0.25, -0.2) is 8.78 Å². The number of hydrogen-bond acceptors (Lipinski definition) is 3. The average Bonchev–Trinajstić information content (AvgIpc) is 2.00.